The highest BCUT2D eigenvalue weighted by Gasteiger charge is 2.49. The summed E-state index contributed by atoms with van der Waals surface area (Å²) in [7, 11) is 0. The van der Waals surface area contributed by atoms with E-state index in [1.807, 2.05) is 23.5 Å². The van der Waals surface area contributed by atoms with Crippen molar-refractivity contribution in [3.63, 3.8) is 0 Å². The van der Waals surface area contributed by atoms with Crippen LogP contribution in [-0.4, -0.2) is 9.82 Å². The zero-order valence-electron chi connectivity index (χ0n) is 32.0. The number of nitrogens with zero attached hydrogens (tertiary/aromatic N) is 2. The molecule has 0 radical (unpaired) electrons. The zero-order valence-corrected chi connectivity index (χ0v) is 33.6. The predicted molar refractivity (Wildman–Crippen MR) is 248 cm³/mol. The Morgan fingerprint density at radius 2 is 1.15 bits per heavy atom. The molecule has 3 unspecified atom stereocenters. The van der Waals surface area contributed by atoms with Gasteiger partial charge in [-0.05, 0) is 99.6 Å². The second kappa shape index (κ2) is 12.8. The molecular formula is C55H36N2S2. The first-order valence-corrected chi connectivity index (χ1v) is 22.1. The van der Waals surface area contributed by atoms with Crippen molar-refractivity contribution < 1.29 is 0 Å². The summed E-state index contributed by atoms with van der Waals surface area (Å²) in [4.78, 5) is 6.42. The molecule has 0 N–H and O–H groups in total. The zero-order chi connectivity index (χ0) is 38.7. The van der Waals surface area contributed by atoms with Crippen molar-refractivity contribution in [3.8, 4) is 16.8 Å². The van der Waals surface area contributed by atoms with Gasteiger partial charge in [-0.1, -0.05) is 157 Å². The molecule has 0 fully saturated rings. The molecule has 59 heavy (non-hydrogen) atoms. The van der Waals surface area contributed by atoms with Gasteiger partial charge in [0.15, 0.2) is 0 Å². The molecule has 4 heteroatoms. The largest absolute Gasteiger partial charge is 0.310 e. The first-order chi connectivity index (χ1) is 29.3. The number of hydrogen-bond donors (Lipinski definition) is 0. The third-order valence-corrected chi connectivity index (χ3v) is 15.5. The first-order valence-electron chi connectivity index (χ1n) is 20.4. The summed E-state index contributed by atoms with van der Waals surface area (Å²) in [6.07, 6.45) is 9.14. The van der Waals surface area contributed by atoms with Crippen LogP contribution in [-0.2, 0) is 5.41 Å². The third kappa shape index (κ3) is 4.73. The maximum absolute atomic E-state index is 2.52. The lowest BCUT2D eigenvalue weighted by molar-refractivity contribution is 0.689. The van der Waals surface area contributed by atoms with Gasteiger partial charge in [0, 0.05) is 53.7 Å². The summed E-state index contributed by atoms with van der Waals surface area (Å²) in [5.74, 6) is 0.377. The molecule has 0 amide bonds. The minimum absolute atomic E-state index is 0.377. The molecule has 8 aromatic carbocycles. The van der Waals surface area contributed by atoms with Crippen molar-refractivity contribution in [2.75, 3.05) is 4.90 Å². The summed E-state index contributed by atoms with van der Waals surface area (Å²) in [6, 6.07) is 68.3. The van der Waals surface area contributed by atoms with Crippen LogP contribution in [0.1, 0.15) is 33.7 Å². The highest BCUT2D eigenvalue weighted by Crippen LogP contribution is 2.61. The van der Waals surface area contributed by atoms with E-state index >= 15 is 0 Å². The second-order valence-electron chi connectivity index (χ2n) is 15.9. The van der Waals surface area contributed by atoms with Crippen molar-refractivity contribution in [2.24, 2.45) is 0 Å². The number of rotatable bonds is 4. The lowest BCUT2D eigenvalue weighted by atomic mass is 9.63. The molecule has 9 aromatic rings. The molecule has 4 heterocycles. The molecule has 0 saturated carbocycles. The van der Waals surface area contributed by atoms with Crippen LogP contribution < -0.4 is 4.90 Å². The summed E-state index contributed by atoms with van der Waals surface area (Å²) in [5.41, 5.74) is 15.9. The normalized spacial score (nSPS) is 19.0. The van der Waals surface area contributed by atoms with Gasteiger partial charge in [0.2, 0.25) is 0 Å². The van der Waals surface area contributed by atoms with Crippen molar-refractivity contribution in [1.29, 1.82) is 0 Å². The van der Waals surface area contributed by atoms with Gasteiger partial charge in [-0.25, -0.2) is 0 Å². The summed E-state index contributed by atoms with van der Waals surface area (Å²) >= 11 is 3.89. The Kier molecular flexibility index (Phi) is 7.25. The highest BCUT2D eigenvalue weighted by molar-refractivity contribution is 8.00. The molecule has 3 aliphatic heterocycles. The number of benzene rings is 8. The van der Waals surface area contributed by atoms with Gasteiger partial charge in [0.05, 0.1) is 22.1 Å². The fraction of sp³-hybridized carbons (Fsp3) is 0.0545. The molecular weight excluding hydrogens is 753 g/mol. The molecule has 4 aliphatic rings. The summed E-state index contributed by atoms with van der Waals surface area (Å²) in [6.45, 7) is 0. The second-order valence-corrected chi connectivity index (χ2v) is 18.3. The van der Waals surface area contributed by atoms with E-state index in [0.717, 1.165) is 11.4 Å². The quantitative estimate of drug-likeness (QED) is 0.176. The number of hydrogen-bond acceptors (Lipinski definition) is 3. The van der Waals surface area contributed by atoms with Gasteiger partial charge in [-0.3, -0.25) is 0 Å². The Morgan fingerprint density at radius 1 is 0.475 bits per heavy atom. The summed E-state index contributed by atoms with van der Waals surface area (Å²) < 4.78 is 2.52. The Morgan fingerprint density at radius 3 is 2.07 bits per heavy atom. The molecule has 3 atom stereocenters. The molecule has 1 spiro atoms. The van der Waals surface area contributed by atoms with Gasteiger partial charge in [0.1, 0.15) is 0 Å². The van der Waals surface area contributed by atoms with Crippen LogP contribution in [0.3, 0.4) is 0 Å². The molecule has 1 aliphatic carbocycles. The first kappa shape index (κ1) is 33.5. The van der Waals surface area contributed by atoms with Gasteiger partial charge >= 0.3 is 0 Å². The number of para-hydroxylation sites is 3. The Hall–Kier alpha value is -6.46. The number of thioether (sulfide) groups is 1. The number of anilines is 3. The van der Waals surface area contributed by atoms with E-state index in [1.165, 1.54) is 86.8 Å². The molecule has 2 nitrogen and oxygen atoms in total. The Bertz CT molecular complexity index is 3250. The van der Waals surface area contributed by atoms with E-state index in [9.17, 15) is 0 Å². The van der Waals surface area contributed by atoms with Crippen LogP contribution >= 0.6 is 23.5 Å². The minimum Gasteiger partial charge on any atom is -0.310 e. The highest BCUT2D eigenvalue weighted by atomic mass is 32.2. The third-order valence-electron chi connectivity index (χ3n) is 13.0. The van der Waals surface area contributed by atoms with E-state index in [4.69, 9.17) is 0 Å². The van der Waals surface area contributed by atoms with Crippen LogP contribution in [0.2, 0.25) is 0 Å². The monoisotopic (exact) mass is 788 g/mol. The number of fused-ring (bicyclic) bond motifs is 14. The van der Waals surface area contributed by atoms with Crippen LogP contribution in [0.5, 0.6) is 0 Å². The average Bonchev–Trinajstić information content (AvgIpc) is 3.85. The van der Waals surface area contributed by atoms with Crippen LogP contribution in [0.25, 0.3) is 38.6 Å². The van der Waals surface area contributed by atoms with Gasteiger partial charge < -0.3 is 9.47 Å². The van der Waals surface area contributed by atoms with Gasteiger partial charge in [0.25, 0.3) is 0 Å². The SMILES string of the molecule is C1=CC2Sc3ccc(N(c4ccc(-c5ccccc5)cc4)c4ccc5c(c4)Sc4ccccc4C54c5ccccc5-n5c6ccccc6c6cccc4c65)cc3C2C=C1. The van der Waals surface area contributed by atoms with E-state index < -0.39 is 5.41 Å². The molecule has 1 aromatic heterocycles. The van der Waals surface area contributed by atoms with Gasteiger partial charge in [-0.15, -0.1) is 11.8 Å². The van der Waals surface area contributed by atoms with Gasteiger partial charge in [-0.2, -0.15) is 0 Å². The Balaban J connectivity index is 1.05. The van der Waals surface area contributed by atoms with E-state index in [1.54, 1.807) is 0 Å². The predicted octanol–water partition coefficient (Wildman–Crippen LogP) is 14.8. The van der Waals surface area contributed by atoms with Crippen molar-refractivity contribution in [1.82, 2.24) is 4.57 Å². The van der Waals surface area contributed by atoms with Crippen LogP contribution in [0.15, 0.2) is 221 Å². The number of allylic oxidation sites excluding steroid dienone is 3. The molecule has 0 saturated heterocycles. The van der Waals surface area contributed by atoms with E-state index in [0.29, 0.717) is 11.2 Å². The molecule has 0 bridgehead atoms. The Labute approximate surface area is 352 Å². The topological polar surface area (TPSA) is 8.17 Å². The standard InChI is InChI=1S/C55H36N2S2/c1-2-13-35(14-3-1)36-25-27-37(28-26-36)56(38-30-32-51-43(33-38)41-16-5-10-23-50(41)58-51)39-29-31-46-53(34-39)59-52-24-11-7-19-45(52)55(46)44-18-6-9-22-49(44)57-48-21-8-4-15-40(48)42-17-12-20-47(55)54(42)57/h1-34,41,50H. The lowest BCUT2D eigenvalue weighted by Gasteiger charge is -2.45. The van der Waals surface area contributed by atoms with Crippen LogP contribution in [0.4, 0.5) is 17.1 Å². The van der Waals surface area contributed by atoms with Crippen LogP contribution in [0, 0.1) is 0 Å². The fourth-order valence-corrected chi connectivity index (χ4v) is 13.1. The van der Waals surface area contributed by atoms with E-state index in [-0.39, 0.29) is 0 Å². The van der Waals surface area contributed by atoms with Crippen molar-refractivity contribution >= 4 is 62.4 Å². The lowest BCUT2D eigenvalue weighted by Crippen LogP contribution is -2.37. The molecule has 278 valence electrons. The van der Waals surface area contributed by atoms with Crippen molar-refractivity contribution in [2.45, 2.75) is 31.3 Å². The smallest absolute Gasteiger partial charge is 0.0764 e. The number of aromatic nitrogens is 1. The minimum atomic E-state index is -0.515. The van der Waals surface area contributed by atoms with Crippen molar-refractivity contribution in [3.05, 3.63) is 234 Å². The summed E-state index contributed by atoms with van der Waals surface area (Å²) in [5, 5.41) is 3.03. The van der Waals surface area contributed by atoms with E-state index in [2.05, 4.69) is 216 Å². The maximum Gasteiger partial charge on any atom is 0.0764 e. The maximum atomic E-state index is 2.52. The average molecular weight is 789 g/mol. The fourth-order valence-electron chi connectivity index (χ4n) is 10.5. The molecule has 13 rings (SSSR count).